The van der Waals surface area contributed by atoms with Gasteiger partial charge in [0.25, 0.3) is 0 Å². The van der Waals surface area contributed by atoms with Gasteiger partial charge in [0.05, 0.1) is 0 Å². The lowest BCUT2D eigenvalue weighted by atomic mass is 10.3. The van der Waals surface area contributed by atoms with E-state index in [-0.39, 0.29) is 0 Å². The van der Waals surface area contributed by atoms with Gasteiger partial charge in [0, 0.05) is 0 Å². The van der Waals surface area contributed by atoms with Crippen molar-refractivity contribution in [3.63, 3.8) is 0 Å². The van der Waals surface area contributed by atoms with Crippen LogP contribution in [0.5, 0.6) is 0 Å². The highest BCUT2D eigenvalue weighted by atomic mass is 13.8. The first-order chi connectivity index (χ1) is 4.50. The second-order valence-electron chi connectivity index (χ2n) is 2.03. The van der Waals surface area contributed by atoms with Crippen LogP contribution in [-0.2, 0) is 0 Å². The predicted molar refractivity (Wildman–Crippen MR) is 39.9 cm³/mol. The van der Waals surface area contributed by atoms with Crippen molar-refractivity contribution >= 4 is 0 Å². The van der Waals surface area contributed by atoms with Crippen LogP contribution in [0.25, 0.3) is 0 Å². The van der Waals surface area contributed by atoms with Crippen LogP contribution in [0.4, 0.5) is 0 Å². The summed E-state index contributed by atoms with van der Waals surface area (Å²) < 4.78 is 0. The van der Waals surface area contributed by atoms with E-state index in [1.807, 2.05) is 0 Å². The lowest BCUT2D eigenvalue weighted by Gasteiger charge is -1.76. The van der Waals surface area contributed by atoms with E-state index in [4.69, 9.17) is 0 Å². The van der Waals surface area contributed by atoms with Gasteiger partial charge in [0.1, 0.15) is 0 Å². The van der Waals surface area contributed by atoms with E-state index in [0.717, 1.165) is 19.3 Å². The molecular formula is C9H11. The summed E-state index contributed by atoms with van der Waals surface area (Å²) >= 11 is 0. The van der Waals surface area contributed by atoms with Crippen molar-refractivity contribution in [2.45, 2.75) is 19.3 Å². The van der Waals surface area contributed by atoms with Gasteiger partial charge in [0.15, 0.2) is 0 Å². The molecule has 0 saturated carbocycles. The minimum Gasteiger partial charge on any atom is -0.0844 e. The molecule has 1 aliphatic rings. The number of hydrogen-bond acceptors (Lipinski definition) is 0. The molecule has 0 saturated heterocycles. The number of allylic oxidation sites excluding steroid dienone is 6. The fraction of sp³-hybridized carbons (Fsp3) is 0.333. The van der Waals surface area contributed by atoms with Crippen molar-refractivity contribution in [2.75, 3.05) is 0 Å². The van der Waals surface area contributed by atoms with Gasteiger partial charge < -0.3 is 0 Å². The molecule has 0 unspecified atom stereocenters. The number of hydrogen-bond donors (Lipinski definition) is 0. The summed E-state index contributed by atoms with van der Waals surface area (Å²) in [6.07, 6.45) is 17.0. The topological polar surface area (TPSA) is 0 Å². The maximum Gasteiger partial charge on any atom is -0.00977 e. The van der Waals surface area contributed by atoms with Gasteiger partial charge in [0.2, 0.25) is 0 Å². The quantitative estimate of drug-likeness (QED) is 0.430. The van der Waals surface area contributed by atoms with E-state index in [2.05, 4.69) is 36.5 Å². The molecule has 9 heavy (non-hydrogen) atoms. The van der Waals surface area contributed by atoms with Crippen molar-refractivity contribution in [3.05, 3.63) is 36.5 Å². The Morgan fingerprint density at radius 3 is 2.67 bits per heavy atom. The third-order valence-electron chi connectivity index (χ3n) is 1.24. The maximum atomic E-state index is 3.16. The molecule has 0 atom stereocenters. The minimum atomic E-state index is 0.974. The summed E-state index contributed by atoms with van der Waals surface area (Å²) in [7, 11) is 0. The van der Waals surface area contributed by atoms with Crippen LogP contribution < -0.4 is 0 Å². The third kappa shape index (κ3) is 2.91. The van der Waals surface area contributed by atoms with Gasteiger partial charge in [-0.15, -0.1) is 0 Å². The molecule has 0 spiro atoms. The monoisotopic (exact) mass is 119 g/mol. The summed E-state index contributed by atoms with van der Waals surface area (Å²) in [5.74, 6) is 0. The molecule has 1 rings (SSSR count). The van der Waals surface area contributed by atoms with Gasteiger partial charge in [-0.3, -0.25) is 0 Å². The predicted octanol–water partition coefficient (Wildman–Crippen LogP) is 2.64. The highest BCUT2D eigenvalue weighted by Crippen LogP contribution is 1.96. The molecule has 47 valence electrons. The smallest absolute Gasteiger partial charge is 0.00977 e. The zero-order valence-corrected chi connectivity index (χ0v) is 5.51. The van der Waals surface area contributed by atoms with E-state index >= 15 is 0 Å². The van der Waals surface area contributed by atoms with Gasteiger partial charge in [-0.1, -0.05) is 30.4 Å². The normalized spacial score (nSPS) is 18.7. The van der Waals surface area contributed by atoms with Crippen LogP contribution in [0, 0.1) is 6.08 Å². The first kappa shape index (κ1) is 6.34. The van der Waals surface area contributed by atoms with Crippen LogP contribution in [0.15, 0.2) is 30.4 Å². The standard InChI is InChI=1S/C9H11/c1-2-4-6-8-9-7-5-3-1/h1-2,5-7H,3-4,9H2. The summed E-state index contributed by atoms with van der Waals surface area (Å²) in [6, 6.07) is 0. The Kier molecular flexibility index (Phi) is 2.91. The molecule has 1 aliphatic carbocycles. The molecule has 0 aromatic rings. The molecule has 0 N–H and O–H groups in total. The highest BCUT2D eigenvalue weighted by Gasteiger charge is 1.76. The van der Waals surface area contributed by atoms with Gasteiger partial charge in [-0.25, -0.2) is 0 Å². The van der Waals surface area contributed by atoms with Crippen molar-refractivity contribution in [3.8, 4) is 0 Å². The molecule has 0 heterocycles. The first-order valence-corrected chi connectivity index (χ1v) is 3.35. The zero-order chi connectivity index (χ0) is 6.36. The van der Waals surface area contributed by atoms with E-state index in [1.54, 1.807) is 0 Å². The summed E-state index contributed by atoms with van der Waals surface area (Å²) in [5.41, 5.74) is 0. The van der Waals surface area contributed by atoms with Gasteiger partial charge in [-0.05, 0) is 25.3 Å². The average molecular weight is 119 g/mol. The van der Waals surface area contributed by atoms with Crippen molar-refractivity contribution in [1.82, 2.24) is 0 Å². The van der Waals surface area contributed by atoms with E-state index in [1.165, 1.54) is 0 Å². The van der Waals surface area contributed by atoms with Gasteiger partial charge in [-0.2, -0.15) is 0 Å². The largest absolute Gasteiger partial charge is 0.0844 e. The van der Waals surface area contributed by atoms with E-state index in [0.29, 0.717) is 0 Å². The summed E-state index contributed by atoms with van der Waals surface area (Å²) in [6.45, 7) is 0. The van der Waals surface area contributed by atoms with Crippen molar-refractivity contribution < 1.29 is 0 Å². The Hall–Kier alpha value is -0.780. The lowest BCUT2D eigenvalue weighted by Crippen LogP contribution is -1.57. The zero-order valence-electron chi connectivity index (χ0n) is 5.51. The van der Waals surface area contributed by atoms with Crippen LogP contribution in [0.3, 0.4) is 0 Å². The third-order valence-corrected chi connectivity index (χ3v) is 1.24. The van der Waals surface area contributed by atoms with E-state index < -0.39 is 0 Å². The molecule has 0 nitrogen and oxygen atoms in total. The molecule has 0 aromatic carbocycles. The summed E-state index contributed by atoms with van der Waals surface area (Å²) in [4.78, 5) is 0. The van der Waals surface area contributed by atoms with Crippen molar-refractivity contribution in [1.29, 1.82) is 0 Å². The Labute approximate surface area is 56.6 Å². The Morgan fingerprint density at radius 1 is 0.889 bits per heavy atom. The van der Waals surface area contributed by atoms with Crippen LogP contribution in [-0.4, -0.2) is 0 Å². The fourth-order valence-corrected chi connectivity index (χ4v) is 0.753. The van der Waals surface area contributed by atoms with E-state index in [9.17, 15) is 0 Å². The van der Waals surface area contributed by atoms with Crippen LogP contribution in [0.2, 0.25) is 0 Å². The van der Waals surface area contributed by atoms with Crippen molar-refractivity contribution in [2.24, 2.45) is 0 Å². The second-order valence-corrected chi connectivity index (χ2v) is 2.03. The molecule has 0 bridgehead atoms. The second kappa shape index (κ2) is 4.13. The molecule has 0 aliphatic heterocycles. The summed E-state index contributed by atoms with van der Waals surface area (Å²) in [5, 5.41) is 0. The Balaban J connectivity index is 2.43. The Morgan fingerprint density at radius 2 is 1.67 bits per heavy atom. The number of rotatable bonds is 0. The fourth-order valence-electron chi connectivity index (χ4n) is 0.753. The first-order valence-electron chi connectivity index (χ1n) is 3.35. The maximum absolute atomic E-state index is 3.16. The SMILES string of the molecule is [C]1=CCC=CCC=CC1. The van der Waals surface area contributed by atoms with Gasteiger partial charge >= 0.3 is 0 Å². The van der Waals surface area contributed by atoms with Crippen LogP contribution >= 0.6 is 0 Å². The molecule has 0 heteroatoms. The minimum absolute atomic E-state index is 0.974. The molecular weight excluding hydrogens is 108 g/mol. The molecule has 0 fully saturated rings. The molecule has 0 amide bonds. The molecule has 1 radical (unpaired) electrons. The average Bonchev–Trinajstić information content (AvgIpc) is 2.00. The molecule has 0 aromatic heterocycles. The Bertz CT molecular complexity index is 97.6. The van der Waals surface area contributed by atoms with Crippen LogP contribution in [0.1, 0.15) is 19.3 Å². The lowest BCUT2D eigenvalue weighted by molar-refractivity contribution is 1.28. The highest BCUT2D eigenvalue weighted by molar-refractivity contribution is 4.99.